The molecule has 0 aromatic heterocycles. The van der Waals surface area contributed by atoms with Crippen LogP contribution in [0.15, 0.2) is 0 Å². The lowest BCUT2D eigenvalue weighted by Crippen LogP contribution is -2.64. The second-order valence-electron chi connectivity index (χ2n) is 24.7. The van der Waals surface area contributed by atoms with Crippen LogP contribution in [0.2, 0.25) is 0 Å². The third kappa shape index (κ3) is 24.1. The molecule has 24 atom stereocenters. The number of hydrogen-bond acceptors (Lipinski definition) is 29. The molecule has 15 N–H and O–H groups in total. The topological polar surface area (TPSA) is 544 Å². The summed E-state index contributed by atoms with van der Waals surface area (Å²) in [6.07, 6.45) is -18.4. The molecule has 6 aliphatic rings. The van der Waals surface area contributed by atoms with Gasteiger partial charge in [-0.25, -0.2) is 9.13 Å². The van der Waals surface area contributed by atoms with E-state index in [1.54, 1.807) is 0 Å². The molecule has 0 aliphatic carbocycles. The summed E-state index contributed by atoms with van der Waals surface area (Å²) < 4.78 is 100. The van der Waals surface area contributed by atoms with Gasteiger partial charge in [0.1, 0.15) is 79.7 Å². The number of likely N-dealkylation sites (tertiary alicyclic amines) is 3. The highest BCUT2D eigenvalue weighted by atomic mass is 31.2. The Morgan fingerprint density at radius 2 is 0.802 bits per heavy atom. The molecule has 38 nitrogen and oxygen atoms in total. The molecule has 6 fully saturated rings. The second kappa shape index (κ2) is 38.5. The van der Waals surface area contributed by atoms with Crippen LogP contribution in [0.3, 0.4) is 0 Å². The van der Waals surface area contributed by atoms with E-state index in [4.69, 9.17) is 51.0 Å². The zero-order chi connectivity index (χ0) is 70.8. The Balaban J connectivity index is 1.04. The van der Waals surface area contributed by atoms with E-state index in [2.05, 4.69) is 16.0 Å². The second-order valence-corrected chi connectivity index (χ2v) is 28.3. The molecule has 6 rings (SSSR count). The number of nitrogens with one attached hydrogen (secondary N) is 3. The Morgan fingerprint density at radius 3 is 1.11 bits per heavy atom. The number of carbonyl (C=O) groups excluding carboxylic acids is 6. The SMILES string of the molecule is CC(=O)NC1C(OCCCCC(=O)N2C[C@H](C)C[C@H]2COP(=O)(O)O[C@@H]2C[C@@H](COP(=O)(O)O[C@@H]3C[C@@H](CO[P+](=O)O)N(C(=O)CCCCOC4OC(CO)C(O)C(O)C4NC(C)=O)C3)N(C(=O)CCCCOC3OC(CO)C(O)C(O)C3NC(C)=O)C2)OC(CO)C(O)C1O. The lowest BCUT2D eigenvalue weighted by Gasteiger charge is -2.42. The van der Waals surface area contributed by atoms with Crippen LogP contribution in [0.1, 0.15) is 105 Å². The monoisotopic (exact) mass is 1450 g/mol. The highest BCUT2D eigenvalue weighted by molar-refractivity contribution is 7.47. The smallest absolute Gasteiger partial charge is 0.394 e. The summed E-state index contributed by atoms with van der Waals surface area (Å²) in [6.45, 7) is 1.16. The summed E-state index contributed by atoms with van der Waals surface area (Å²) >= 11 is 0. The summed E-state index contributed by atoms with van der Waals surface area (Å²) in [5.41, 5.74) is 0. The zero-order valence-electron chi connectivity index (χ0n) is 53.8. The van der Waals surface area contributed by atoms with Gasteiger partial charge in [0.05, 0.1) is 63.4 Å². The van der Waals surface area contributed by atoms with E-state index in [1.807, 2.05) is 6.92 Å². The first-order valence-electron chi connectivity index (χ1n) is 31.9. The van der Waals surface area contributed by atoms with Crippen molar-refractivity contribution in [3.05, 3.63) is 0 Å². The molecule has 6 aliphatic heterocycles. The molecule has 41 heteroatoms. The Hall–Kier alpha value is -3.54. The van der Waals surface area contributed by atoms with Gasteiger partial charge in [-0.2, -0.15) is 0 Å². The Labute approximate surface area is 554 Å². The van der Waals surface area contributed by atoms with Crippen LogP contribution in [0.5, 0.6) is 0 Å². The zero-order valence-corrected chi connectivity index (χ0v) is 56.5. The predicted octanol–water partition coefficient (Wildman–Crippen LogP) is -4.51. The third-order valence-corrected chi connectivity index (χ3v) is 19.5. The van der Waals surface area contributed by atoms with Gasteiger partial charge < -0.3 is 115 Å². The first-order chi connectivity index (χ1) is 45.3. The number of rotatable bonds is 37. The number of nitrogens with zero attached hydrogens (tertiary/aromatic N) is 3. The molecule has 6 heterocycles. The number of hydrogen-bond donors (Lipinski definition) is 15. The van der Waals surface area contributed by atoms with Crippen LogP contribution < -0.4 is 16.0 Å². The first kappa shape index (κ1) is 81.4. The van der Waals surface area contributed by atoms with E-state index < -0.39 is 215 Å². The number of amides is 6. The van der Waals surface area contributed by atoms with Crippen molar-refractivity contribution in [2.75, 3.05) is 79.1 Å². The lowest BCUT2D eigenvalue weighted by atomic mass is 9.97. The maximum atomic E-state index is 14.1. The number of carbonyl (C=O) groups is 6. The van der Waals surface area contributed by atoms with Crippen LogP contribution in [0.25, 0.3) is 0 Å². The van der Waals surface area contributed by atoms with Crippen molar-refractivity contribution in [3.63, 3.8) is 0 Å². The van der Waals surface area contributed by atoms with Crippen molar-refractivity contribution in [2.24, 2.45) is 5.92 Å². The molecular weight excluding hydrogens is 1350 g/mol. The molecule has 0 aromatic carbocycles. The molecule has 552 valence electrons. The van der Waals surface area contributed by atoms with Gasteiger partial charge in [0.15, 0.2) is 18.9 Å². The van der Waals surface area contributed by atoms with Gasteiger partial charge in [0, 0.05) is 84.1 Å². The number of phosphoric ester groups is 2. The quantitative estimate of drug-likeness (QED) is 0.0206. The summed E-state index contributed by atoms with van der Waals surface area (Å²) in [7, 11) is -13.3. The van der Waals surface area contributed by atoms with Gasteiger partial charge in [0.25, 0.3) is 0 Å². The maximum Gasteiger partial charge on any atom is 0.694 e. The highest BCUT2D eigenvalue weighted by Gasteiger charge is 2.50. The fourth-order valence-corrected chi connectivity index (χ4v) is 14.6. The average molecular weight is 1450 g/mol. The predicted molar refractivity (Wildman–Crippen MR) is 322 cm³/mol. The molecule has 6 amide bonds. The normalized spacial score (nSPS) is 34.7. The Morgan fingerprint density at radius 1 is 0.490 bits per heavy atom. The molecular formula is C55H96N6O32P3+. The molecule has 18 unspecified atom stereocenters. The molecule has 0 spiro atoms. The van der Waals surface area contributed by atoms with E-state index in [0.29, 0.717) is 25.8 Å². The van der Waals surface area contributed by atoms with Crippen molar-refractivity contribution in [1.29, 1.82) is 0 Å². The summed E-state index contributed by atoms with van der Waals surface area (Å²) in [6, 6.07) is -6.33. The number of aliphatic hydroxyl groups excluding tert-OH is 9. The molecule has 0 saturated carbocycles. The Kier molecular flexibility index (Phi) is 32.6. The van der Waals surface area contributed by atoms with Crippen molar-refractivity contribution in [1.82, 2.24) is 30.7 Å². The minimum Gasteiger partial charge on any atom is -0.394 e. The standard InChI is InChI=1S/C55H95N6O32P3/c1-29-17-33(59(20-29)41(68)11-5-8-14-83-53-44(56-30(2)65)50(74)47(71)38(23-62)89-53)27-87-95(79,80)93-37-19-35(61(22-37)43(70)13-7-10-16-85-55-46(58-32(4)67)52(76)49(73)40(25-64)91-55)28-88-96(81,82)92-36-18-34(26-86-94(77)78)60(21-36)42(69)12-6-9-15-84-54-45(57-31(3)66)51(75)48(72)39(24-63)90-54/h29,33-40,44-55,62-64,71-76H,5-28H2,1-4H3,(H5-,56,57,58,65,66,67,77,78,79,80,81,82)/p+1/t29-,33+,34+,35+,36-,37-,38?,39?,40?,44?,45?,46?,47?,48?,49?,50?,51?,52?,53?,54?,55?/m1/s1. The van der Waals surface area contributed by atoms with Gasteiger partial charge in [-0.3, -0.25) is 46.9 Å². The maximum absolute atomic E-state index is 14.1. The third-order valence-electron chi connectivity index (χ3n) is 17.1. The summed E-state index contributed by atoms with van der Waals surface area (Å²) in [5, 5.41) is 99.1. The Bertz CT molecular complexity index is 2650. The molecule has 0 radical (unpaired) electrons. The van der Waals surface area contributed by atoms with Crippen LogP contribution in [0, 0.1) is 5.92 Å². The number of unbranched alkanes of at least 4 members (excludes halogenated alkanes) is 3. The minimum absolute atomic E-state index is 0.00583. The number of aliphatic hydroxyl groups is 9. The van der Waals surface area contributed by atoms with Gasteiger partial charge in [-0.1, -0.05) is 6.92 Å². The van der Waals surface area contributed by atoms with Gasteiger partial charge in [0.2, 0.25) is 35.4 Å². The largest absolute Gasteiger partial charge is 0.694 e. The van der Waals surface area contributed by atoms with E-state index in [1.165, 1.54) is 35.5 Å². The highest BCUT2D eigenvalue weighted by Crippen LogP contribution is 2.50. The van der Waals surface area contributed by atoms with E-state index in [0.717, 1.165) is 0 Å². The lowest BCUT2D eigenvalue weighted by molar-refractivity contribution is -0.270. The number of ether oxygens (including phenoxy) is 6. The first-order valence-corrected chi connectivity index (χ1v) is 36.0. The number of phosphoric acid groups is 2. The van der Waals surface area contributed by atoms with E-state index in [-0.39, 0.29) is 103 Å². The van der Waals surface area contributed by atoms with Crippen molar-refractivity contribution in [3.8, 4) is 0 Å². The van der Waals surface area contributed by atoms with Crippen molar-refractivity contribution >= 4 is 59.3 Å². The van der Waals surface area contributed by atoms with E-state index >= 15 is 0 Å². The molecule has 0 bridgehead atoms. The van der Waals surface area contributed by atoms with Crippen LogP contribution >= 0.6 is 23.9 Å². The molecule has 0 aromatic rings. The average Bonchev–Trinajstić information content (AvgIpc) is 1.37. The van der Waals surface area contributed by atoms with Gasteiger partial charge >= 0.3 is 23.9 Å². The summed E-state index contributed by atoms with van der Waals surface area (Å²) in [4.78, 5) is 113. The fraction of sp³-hybridized carbons (Fsp3) is 0.891. The summed E-state index contributed by atoms with van der Waals surface area (Å²) in [5.74, 6) is -3.13. The van der Waals surface area contributed by atoms with Crippen LogP contribution in [-0.4, -0.2) is 312 Å². The van der Waals surface area contributed by atoms with Crippen LogP contribution in [-0.2, 0) is 93.5 Å². The van der Waals surface area contributed by atoms with Gasteiger partial charge in [-0.15, -0.1) is 9.42 Å². The minimum atomic E-state index is -5.13. The fourth-order valence-electron chi connectivity index (χ4n) is 12.4. The van der Waals surface area contributed by atoms with Crippen LogP contribution in [0.4, 0.5) is 0 Å². The van der Waals surface area contributed by atoms with Gasteiger partial charge in [-0.05, 0) is 63.7 Å². The molecule has 6 saturated heterocycles. The van der Waals surface area contributed by atoms with Crippen molar-refractivity contribution < 1.29 is 154 Å². The van der Waals surface area contributed by atoms with E-state index in [9.17, 15) is 103 Å². The van der Waals surface area contributed by atoms with Crippen molar-refractivity contribution in [2.45, 2.75) is 227 Å². The molecule has 96 heavy (non-hydrogen) atoms.